The van der Waals surface area contributed by atoms with Crippen LogP contribution in [0.15, 0.2) is 24.3 Å². The lowest BCUT2D eigenvalue weighted by atomic mass is 9.97. The first-order valence-corrected chi connectivity index (χ1v) is 8.22. The number of hydrogen-bond acceptors (Lipinski definition) is 2. The van der Waals surface area contributed by atoms with Gasteiger partial charge < -0.3 is 10.6 Å². The Balaban J connectivity index is 1.81. The second-order valence-electron chi connectivity index (χ2n) is 5.67. The van der Waals surface area contributed by atoms with E-state index in [0.29, 0.717) is 17.6 Å². The van der Waals surface area contributed by atoms with Crippen molar-refractivity contribution in [2.24, 2.45) is 0 Å². The fourth-order valence-corrected chi connectivity index (χ4v) is 3.03. The Kier molecular flexibility index (Phi) is 6.49. The number of hydrogen-bond donors (Lipinski definition) is 2. The third kappa shape index (κ3) is 5.73. The van der Waals surface area contributed by atoms with Gasteiger partial charge in [0.1, 0.15) is 0 Å². The first-order valence-electron chi connectivity index (χ1n) is 7.81. The lowest BCUT2D eigenvalue weighted by molar-refractivity contribution is 0.430. The van der Waals surface area contributed by atoms with Gasteiger partial charge in [-0.1, -0.05) is 44.2 Å². The van der Waals surface area contributed by atoms with Gasteiger partial charge >= 0.3 is 0 Å². The first-order chi connectivity index (χ1) is 10.3. The van der Waals surface area contributed by atoms with Gasteiger partial charge in [0.25, 0.3) is 0 Å². The van der Waals surface area contributed by atoms with Gasteiger partial charge in [-0.15, -0.1) is 0 Å². The molecule has 1 aromatic carbocycles. The zero-order chi connectivity index (χ0) is 14.9. The molecule has 1 saturated carbocycles. The van der Waals surface area contributed by atoms with Crippen molar-refractivity contribution in [1.82, 2.24) is 5.32 Å². The summed E-state index contributed by atoms with van der Waals surface area (Å²) in [5.41, 5.74) is 2.00. The van der Waals surface area contributed by atoms with Crippen LogP contribution >= 0.6 is 12.2 Å². The highest BCUT2D eigenvalue weighted by Crippen LogP contribution is 2.17. The summed E-state index contributed by atoms with van der Waals surface area (Å²) in [4.78, 5) is 0. The van der Waals surface area contributed by atoms with E-state index in [1.165, 1.54) is 44.9 Å². The van der Waals surface area contributed by atoms with Crippen LogP contribution in [0.5, 0.6) is 0 Å². The van der Waals surface area contributed by atoms with Crippen LogP contribution in [0.1, 0.15) is 50.5 Å². The molecule has 1 aromatic rings. The summed E-state index contributed by atoms with van der Waals surface area (Å²) >= 11 is 5.40. The van der Waals surface area contributed by atoms with Crippen LogP contribution in [0, 0.1) is 11.3 Å². The van der Waals surface area contributed by atoms with Gasteiger partial charge in [0.05, 0.1) is 12.5 Å². The molecule has 0 aromatic heterocycles. The number of thiocarbonyl (C=S) groups is 1. The van der Waals surface area contributed by atoms with Gasteiger partial charge in [-0.25, -0.2) is 0 Å². The Hall–Kier alpha value is -1.60. The van der Waals surface area contributed by atoms with Crippen molar-refractivity contribution < 1.29 is 0 Å². The van der Waals surface area contributed by atoms with Crippen molar-refractivity contribution in [1.29, 1.82) is 5.26 Å². The van der Waals surface area contributed by atoms with Crippen molar-refractivity contribution in [2.45, 2.75) is 57.4 Å². The number of nitriles is 1. The summed E-state index contributed by atoms with van der Waals surface area (Å²) < 4.78 is 0. The Labute approximate surface area is 132 Å². The van der Waals surface area contributed by atoms with E-state index in [-0.39, 0.29) is 0 Å². The summed E-state index contributed by atoms with van der Waals surface area (Å²) in [7, 11) is 0. The SMILES string of the molecule is N#CCc1ccc(NC(=S)NC2CCCCCCC2)cc1. The molecule has 2 N–H and O–H groups in total. The Morgan fingerprint density at radius 1 is 1.10 bits per heavy atom. The molecular formula is C17H23N3S. The molecule has 1 aliphatic carbocycles. The average molecular weight is 301 g/mol. The van der Waals surface area contributed by atoms with E-state index in [1.54, 1.807) is 0 Å². The highest BCUT2D eigenvalue weighted by molar-refractivity contribution is 7.80. The highest BCUT2D eigenvalue weighted by Gasteiger charge is 2.12. The molecule has 0 atom stereocenters. The minimum atomic E-state index is 0.449. The Morgan fingerprint density at radius 3 is 2.33 bits per heavy atom. The number of anilines is 1. The standard InChI is InChI=1S/C17H23N3S/c18-13-12-14-8-10-16(11-9-14)20-17(21)19-15-6-4-2-1-3-5-7-15/h8-11,15H,1-7,12H2,(H2,19,20,21). The molecule has 0 heterocycles. The van der Waals surface area contributed by atoms with Gasteiger partial charge in [-0.3, -0.25) is 0 Å². The smallest absolute Gasteiger partial charge is 0.170 e. The van der Waals surface area contributed by atoms with Crippen LogP contribution in [0.3, 0.4) is 0 Å². The second-order valence-corrected chi connectivity index (χ2v) is 6.08. The predicted molar refractivity (Wildman–Crippen MR) is 91.2 cm³/mol. The summed E-state index contributed by atoms with van der Waals surface area (Å²) in [5, 5.41) is 16.0. The molecule has 0 amide bonds. The van der Waals surface area contributed by atoms with Crippen LogP contribution in [0.25, 0.3) is 0 Å². The molecule has 4 heteroatoms. The Morgan fingerprint density at radius 2 is 1.71 bits per heavy atom. The van der Waals surface area contributed by atoms with Gasteiger partial charge in [-0.05, 0) is 42.8 Å². The number of nitrogens with one attached hydrogen (secondary N) is 2. The molecule has 1 aliphatic rings. The fraction of sp³-hybridized carbons (Fsp3) is 0.529. The van der Waals surface area contributed by atoms with Crippen LogP contribution in [-0.2, 0) is 6.42 Å². The van der Waals surface area contributed by atoms with E-state index in [4.69, 9.17) is 17.5 Å². The van der Waals surface area contributed by atoms with Crippen LogP contribution in [0.2, 0.25) is 0 Å². The zero-order valence-corrected chi connectivity index (χ0v) is 13.2. The maximum Gasteiger partial charge on any atom is 0.170 e. The summed E-state index contributed by atoms with van der Waals surface area (Å²) in [6.45, 7) is 0. The Bertz CT molecular complexity index is 482. The summed E-state index contributed by atoms with van der Waals surface area (Å²) in [6.07, 6.45) is 9.53. The quantitative estimate of drug-likeness (QED) is 0.823. The van der Waals surface area contributed by atoms with Gasteiger partial charge in [0.15, 0.2) is 5.11 Å². The number of benzene rings is 1. The monoisotopic (exact) mass is 301 g/mol. The normalized spacial score (nSPS) is 16.3. The number of nitrogens with zero attached hydrogens (tertiary/aromatic N) is 1. The van der Waals surface area contributed by atoms with Crippen LogP contribution < -0.4 is 10.6 Å². The zero-order valence-electron chi connectivity index (χ0n) is 12.4. The molecule has 21 heavy (non-hydrogen) atoms. The number of rotatable bonds is 3. The molecule has 0 spiro atoms. The lowest BCUT2D eigenvalue weighted by Crippen LogP contribution is -2.38. The van der Waals surface area contributed by atoms with Crippen molar-refractivity contribution in [3.8, 4) is 6.07 Å². The molecule has 0 unspecified atom stereocenters. The molecule has 0 aliphatic heterocycles. The van der Waals surface area contributed by atoms with Crippen molar-refractivity contribution in [3.05, 3.63) is 29.8 Å². The second kappa shape index (κ2) is 8.63. The molecule has 2 rings (SSSR count). The molecule has 1 fully saturated rings. The summed E-state index contributed by atoms with van der Waals surface area (Å²) in [5.74, 6) is 0. The van der Waals surface area contributed by atoms with Crippen molar-refractivity contribution in [3.63, 3.8) is 0 Å². The van der Waals surface area contributed by atoms with E-state index in [1.807, 2.05) is 24.3 Å². The molecule has 0 saturated heterocycles. The van der Waals surface area contributed by atoms with E-state index in [0.717, 1.165) is 11.3 Å². The van der Waals surface area contributed by atoms with Crippen molar-refractivity contribution in [2.75, 3.05) is 5.32 Å². The third-order valence-corrected chi connectivity index (χ3v) is 4.16. The van der Waals surface area contributed by atoms with E-state index < -0.39 is 0 Å². The van der Waals surface area contributed by atoms with Crippen molar-refractivity contribution >= 4 is 23.0 Å². The summed E-state index contributed by atoms with van der Waals surface area (Å²) in [6, 6.07) is 10.5. The van der Waals surface area contributed by atoms with E-state index in [2.05, 4.69) is 16.7 Å². The molecule has 3 nitrogen and oxygen atoms in total. The van der Waals surface area contributed by atoms with Crippen LogP contribution in [-0.4, -0.2) is 11.2 Å². The maximum atomic E-state index is 8.66. The van der Waals surface area contributed by atoms with E-state index in [9.17, 15) is 0 Å². The lowest BCUT2D eigenvalue weighted by Gasteiger charge is -2.22. The van der Waals surface area contributed by atoms with E-state index >= 15 is 0 Å². The molecule has 0 radical (unpaired) electrons. The maximum absolute atomic E-state index is 8.66. The highest BCUT2D eigenvalue weighted by atomic mass is 32.1. The fourth-order valence-electron chi connectivity index (χ4n) is 2.75. The van der Waals surface area contributed by atoms with Gasteiger partial charge in [0.2, 0.25) is 0 Å². The molecule has 112 valence electrons. The average Bonchev–Trinajstić information content (AvgIpc) is 2.44. The molecule has 0 bridgehead atoms. The molecular weight excluding hydrogens is 278 g/mol. The predicted octanol–water partition coefficient (Wildman–Crippen LogP) is 4.15. The van der Waals surface area contributed by atoms with Gasteiger partial charge in [0, 0.05) is 11.7 Å². The minimum Gasteiger partial charge on any atom is -0.360 e. The largest absolute Gasteiger partial charge is 0.360 e. The third-order valence-electron chi connectivity index (χ3n) is 3.94. The van der Waals surface area contributed by atoms with Crippen LogP contribution in [0.4, 0.5) is 5.69 Å². The minimum absolute atomic E-state index is 0.449. The van der Waals surface area contributed by atoms with Gasteiger partial charge in [-0.2, -0.15) is 5.26 Å². The topological polar surface area (TPSA) is 47.9 Å². The first kappa shape index (κ1) is 15.8.